The molecule has 0 saturated heterocycles. The molecule has 116 valence electrons. The second kappa shape index (κ2) is 6.09. The third kappa shape index (κ3) is 2.90. The monoisotopic (exact) mass is 302 g/mol. The molecule has 0 atom stereocenters. The average Bonchev–Trinajstić information content (AvgIpc) is 2.98. The van der Waals surface area contributed by atoms with Crippen molar-refractivity contribution in [2.75, 3.05) is 19.8 Å². The van der Waals surface area contributed by atoms with Crippen LogP contribution in [-0.2, 0) is 6.54 Å². The molecule has 1 amide bonds. The molecule has 0 saturated carbocycles. The average molecular weight is 302 g/mol. The predicted molar refractivity (Wildman–Crippen MR) is 79.1 cm³/mol. The van der Waals surface area contributed by atoms with E-state index in [0.29, 0.717) is 37.8 Å². The molecule has 0 bridgehead atoms. The molecule has 1 aromatic heterocycles. The van der Waals surface area contributed by atoms with Gasteiger partial charge in [-0.3, -0.25) is 4.79 Å². The van der Waals surface area contributed by atoms with Gasteiger partial charge in [0.25, 0.3) is 5.91 Å². The second-order valence-corrected chi connectivity index (χ2v) is 5.12. The van der Waals surface area contributed by atoms with Crippen LogP contribution in [0.4, 0.5) is 0 Å². The van der Waals surface area contributed by atoms with Gasteiger partial charge in [-0.05, 0) is 31.5 Å². The number of hydrogen-bond donors (Lipinski definition) is 0. The predicted octanol–water partition coefficient (Wildman–Crippen LogP) is 2.42. The fourth-order valence-corrected chi connectivity index (χ4v) is 2.36. The summed E-state index contributed by atoms with van der Waals surface area (Å²) < 4.78 is 16.0. The highest BCUT2D eigenvalue weighted by Crippen LogP contribution is 2.31. The lowest BCUT2D eigenvalue weighted by Gasteiger charge is -2.22. The summed E-state index contributed by atoms with van der Waals surface area (Å²) in [5, 5.41) is 3.79. The summed E-state index contributed by atoms with van der Waals surface area (Å²) in [5.74, 6) is 1.95. The zero-order valence-corrected chi connectivity index (χ0v) is 12.7. The van der Waals surface area contributed by atoms with Gasteiger partial charge >= 0.3 is 0 Å². The van der Waals surface area contributed by atoms with Crippen LogP contribution in [-0.4, -0.2) is 35.7 Å². The second-order valence-electron chi connectivity index (χ2n) is 5.12. The van der Waals surface area contributed by atoms with Gasteiger partial charge in [-0.15, -0.1) is 0 Å². The molecule has 0 fully saturated rings. The molecule has 0 aliphatic carbocycles. The van der Waals surface area contributed by atoms with Crippen LogP contribution < -0.4 is 9.47 Å². The Balaban J connectivity index is 1.76. The lowest BCUT2D eigenvalue weighted by atomic mass is 10.1. The Morgan fingerprint density at radius 2 is 2.00 bits per heavy atom. The van der Waals surface area contributed by atoms with Gasteiger partial charge in [0.05, 0.1) is 0 Å². The summed E-state index contributed by atoms with van der Waals surface area (Å²) in [7, 11) is 0. The van der Waals surface area contributed by atoms with Crippen LogP contribution in [0.25, 0.3) is 0 Å². The number of aromatic nitrogens is 1. The number of carbonyl (C=O) groups excluding carboxylic acids is 1. The van der Waals surface area contributed by atoms with E-state index in [2.05, 4.69) is 5.16 Å². The minimum absolute atomic E-state index is 0.144. The number of carbonyl (C=O) groups is 1. The molecule has 2 heterocycles. The Hall–Kier alpha value is -2.50. The van der Waals surface area contributed by atoms with Crippen molar-refractivity contribution >= 4 is 5.91 Å². The Morgan fingerprint density at radius 1 is 1.23 bits per heavy atom. The van der Waals surface area contributed by atoms with Gasteiger partial charge in [-0.25, -0.2) is 0 Å². The molecule has 0 radical (unpaired) electrons. The molecule has 0 unspecified atom stereocenters. The normalized spacial score (nSPS) is 13.0. The molecular weight excluding hydrogens is 284 g/mol. The van der Waals surface area contributed by atoms with Gasteiger partial charge in [0, 0.05) is 19.2 Å². The largest absolute Gasteiger partial charge is 0.486 e. The molecule has 1 aliphatic heterocycles. The number of nitrogens with zero attached hydrogens (tertiary/aromatic N) is 2. The van der Waals surface area contributed by atoms with E-state index in [-0.39, 0.29) is 5.91 Å². The summed E-state index contributed by atoms with van der Waals surface area (Å²) in [4.78, 5) is 14.1. The van der Waals surface area contributed by atoms with E-state index in [1.807, 2.05) is 25.1 Å². The SMILES string of the molecule is CCN(Cc1ccc2c(c1)OCCO2)C(=O)c1cc(C)on1. The van der Waals surface area contributed by atoms with E-state index in [4.69, 9.17) is 14.0 Å². The van der Waals surface area contributed by atoms with Crippen molar-refractivity contribution in [3.63, 3.8) is 0 Å². The van der Waals surface area contributed by atoms with Gasteiger partial charge in [0.15, 0.2) is 17.2 Å². The van der Waals surface area contributed by atoms with Crippen molar-refractivity contribution < 1.29 is 18.8 Å². The van der Waals surface area contributed by atoms with E-state index >= 15 is 0 Å². The van der Waals surface area contributed by atoms with E-state index in [0.717, 1.165) is 17.1 Å². The summed E-state index contributed by atoms with van der Waals surface area (Å²) >= 11 is 0. The number of rotatable bonds is 4. The van der Waals surface area contributed by atoms with Crippen LogP contribution in [0.1, 0.15) is 28.7 Å². The minimum atomic E-state index is -0.144. The highest BCUT2D eigenvalue weighted by atomic mass is 16.6. The lowest BCUT2D eigenvalue weighted by molar-refractivity contribution is 0.0741. The minimum Gasteiger partial charge on any atom is -0.486 e. The maximum absolute atomic E-state index is 12.4. The molecule has 22 heavy (non-hydrogen) atoms. The maximum atomic E-state index is 12.4. The molecule has 0 spiro atoms. The number of aryl methyl sites for hydroxylation is 1. The Morgan fingerprint density at radius 3 is 2.68 bits per heavy atom. The summed E-state index contributed by atoms with van der Waals surface area (Å²) in [6.45, 7) is 5.88. The van der Waals surface area contributed by atoms with Gasteiger partial charge in [-0.1, -0.05) is 11.2 Å². The van der Waals surface area contributed by atoms with Crippen molar-refractivity contribution in [1.82, 2.24) is 10.1 Å². The number of benzene rings is 1. The van der Waals surface area contributed by atoms with Crippen LogP contribution in [0, 0.1) is 6.92 Å². The first-order chi connectivity index (χ1) is 10.7. The molecule has 6 nitrogen and oxygen atoms in total. The van der Waals surface area contributed by atoms with Crippen LogP contribution in [0.2, 0.25) is 0 Å². The van der Waals surface area contributed by atoms with Crippen LogP contribution >= 0.6 is 0 Å². The molecule has 0 N–H and O–H groups in total. The first-order valence-electron chi connectivity index (χ1n) is 7.28. The lowest BCUT2D eigenvalue weighted by Crippen LogP contribution is -2.30. The van der Waals surface area contributed by atoms with Gasteiger partial charge in [-0.2, -0.15) is 0 Å². The molecular formula is C16H18N2O4. The van der Waals surface area contributed by atoms with Gasteiger partial charge in [0.2, 0.25) is 0 Å². The van der Waals surface area contributed by atoms with E-state index < -0.39 is 0 Å². The van der Waals surface area contributed by atoms with E-state index in [1.165, 1.54) is 0 Å². The summed E-state index contributed by atoms with van der Waals surface area (Å²) in [6, 6.07) is 7.38. The number of fused-ring (bicyclic) bond motifs is 1. The third-order valence-electron chi connectivity index (χ3n) is 3.50. The summed E-state index contributed by atoms with van der Waals surface area (Å²) in [5.41, 5.74) is 1.32. The van der Waals surface area contributed by atoms with Crippen molar-refractivity contribution in [2.45, 2.75) is 20.4 Å². The van der Waals surface area contributed by atoms with Gasteiger partial charge in [0.1, 0.15) is 19.0 Å². The molecule has 2 aromatic rings. The zero-order valence-electron chi connectivity index (χ0n) is 12.7. The fraction of sp³-hybridized carbons (Fsp3) is 0.375. The number of amides is 1. The number of hydrogen-bond acceptors (Lipinski definition) is 5. The van der Waals surface area contributed by atoms with Crippen molar-refractivity contribution in [3.05, 3.63) is 41.3 Å². The third-order valence-corrected chi connectivity index (χ3v) is 3.50. The zero-order chi connectivity index (χ0) is 15.5. The standard InChI is InChI=1S/C16H18N2O4/c1-3-18(16(19)13-8-11(2)22-17-13)10-12-4-5-14-15(9-12)21-7-6-20-14/h4-5,8-9H,3,6-7,10H2,1-2H3. The molecule has 1 aliphatic rings. The highest BCUT2D eigenvalue weighted by Gasteiger charge is 2.19. The Labute approximate surface area is 128 Å². The molecule has 1 aromatic carbocycles. The van der Waals surface area contributed by atoms with Crippen molar-refractivity contribution in [2.24, 2.45) is 0 Å². The first-order valence-corrected chi connectivity index (χ1v) is 7.28. The first kappa shape index (κ1) is 14.4. The van der Waals surface area contributed by atoms with Crippen molar-refractivity contribution in [1.29, 1.82) is 0 Å². The Bertz CT molecular complexity index is 681. The maximum Gasteiger partial charge on any atom is 0.276 e. The quantitative estimate of drug-likeness (QED) is 0.868. The molecule has 6 heteroatoms. The fourth-order valence-electron chi connectivity index (χ4n) is 2.36. The van der Waals surface area contributed by atoms with Crippen LogP contribution in [0.3, 0.4) is 0 Å². The van der Waals surface area contributed by atoms with E-state index in [9.17, 15) is 4.79 Å². The van der Waals surface area contributed by atoms with Crippen molar-refractivity contribution in [3.8, 4) is 11.5 Å². The van der Waals surface area contributed by atoms with Crippen LogP contribution in [0.15, 0.2) is 28.8 Å². The number of ether oxygens (including phenoxy) is 2. The van der Waals surface area contributed by atoms with Crippen LogP contribution in [0.5, 0.6) is 11.5 Å². The Kier molecular flexibility index (Phi) is 4.00. The summed E-state index contributed by atoms with van der Waals surface area (Å²) in [6.07, 6.45) is 0. The smallest absolute Gasteiger partial charge is 0.276 e. The molecule has 3 rings (SSSR count). The topological polar surface area (TPSA) is 64.8 Å². The van der Waals surface area contributed by atoms with Gasteiger partial charge < -0.3 is 18.9 Å². The van der Waals surface area contributed by atoms with E-state index in [1.54, 1.807) is 17.9 Å². The highest BCUT2D eigenvalue weighted by molar-refractivity contribution is 5.92.